The number of benzene rings is 4. The van der Waals surface area contributed by atoms with Crippen molar-refractivity contribution < 1.29 is 33.0 Å². The van der Waals surface area contributed by atoms with Crippen molar-refractivity contribution in [2.75, 3.05) is 16.8 Å². The molecule has 0 radical (unpaired) electrons. The summed E-state index contributed by atoms with van der Waals surface area (Å²) >= 11 is 0. The Kier molecular flexibility index (Phi) is 9.48. The van der Waals surface area contributed by atoms with E-state index in [4.69, 9.17) is 14.2 Å². The number of anilines is 2. The fraction of sp³-hybridized carbons (Fsp3) is 0.182. The van der Waals surface area contributed by atoms with Gasteiger partial charge in [-0.3, -0.25) is 15.1 Å². The predicted molar refractivity (Wildman–Crippen MR) is 157 cm³/mol. The summed E-state index contributed by atoms with van der Waals surface area (Å²) in [5.74, 6) is -0.804. The highest BCUT2D eigenvalue weighted by atomic mass is 19.1. The molecule has 220 valence electrons. The highest BCUT2D eigenvalue weighted by Crippen LogP contribution is 2.32. The molecule has 0 saturated carbocycles. The van der Waals surface area contributed by atoms with E-state index in [1.807, 2.05) is 78.9 Å². The number of hydrogen-bond acceptors (Lipinski definition) is 6. The van der Waals surface area contributed by atoms with Crippen LogP contribution in [0.25, 0.3) is 0 Å². The lowest BCUT2D eigenvalue weighted by atomic mass is 10.1. The van der Waals surface area contributed by atoms with Gasteiger partial charge >= 0.3 is 18.3 Å². The zero-order valence-electron chi connectivity index (χ0n) is 23.2. The molecule has 1 atom stereocenters. The maximum absolute atomic E-state index is 15.6. The molecule has 0 aromatic heterocycles. The summed E-state index contributed by atoms with van der Waals surface area (Å²) in [7, 11) is 0. The maximum Gasteiger partial charge on any atom is 0.416 e. The van der Waals surface area contributed by atoms with Crippen molar-refractivity contribution in [3.8, 4) is 0 Å². The summed E-state index contributed by atoms with van der Waals surface area (Å²) in [6.07, 6.45) is -2.69. The Bertz CT molecular complexity index is 1540. The smallest absolute Gasteiger partial charge is 0.416 e. The van der Waals surface area contributed by atoms with E-state index in [9.17, 15) is 14.4 Å². The average molecular weight is 584 g/mol. The van der Waals surface area contributed by atoms with Crippen molar-refractivity contribution in [2.45, 2.75) is 32.4 Å². The van der Waals surface area contributed by atoms with E-state index in [0.29, 0.717) is 13.0 Å². The van der Waals surface area contributed by atoms with Crippen molar-refractivity contribution in [3.63, 3.8) is 0 Å². The number of ether oxygens (including phenoxy) is 3. The van der Waals surface area contributed by atoms with E-state index in [-0.39, 0.29) is 31.2 Å². The molecule has 10 heteroatoms. The van der Waals surface area contributed by atoms with Gasteiger partial charge in [-0.2, -0.15) is 0 Å². The predicted octanol–water partition coefficient (Wildman–Crippen LogP) is 7.09. The second kappa shape index (κ2) is 14.0. The van der Waals surface area contributed by atoms with Crippen LogP contribution < -0.4 is 10.2 Å². The van der Waals surface area contributed by atoms with Crippen LogP contribution in [0.3, 0.4) is 0 Å². The molecule has 1 aliphatic heterocycles. The van der Waals surface area contributed by atoms with Crippen LogP contribution in [0.5, 0.6) is 0 Å². The first-order chi connectivity index (χ1) is 21.0. The molecule has 4 aromatic rings. The number of hydrogen-bond donors (Lipinski definition) is 1. The third-order valence-electron chi connectivity index (χ3n) is 6.79. The molecule has 1 unspecified atom stereocenters. The summed E-state index contributed by atoms with van der Waals surface area (Å²) in [5, 5.41) is 2.49. The third kappa shape index (κ3) is 7.68. The molecule has 0 bridgehead atoms. The quantitative estimate of drug-likeness (QED) is 0.211. The standard InChI is InChI=1S/C33H30FN3O6/c34-28-20-27(35-31(38)41-21-24-10-4-1-5-11-24)16-17-29(28)37(33(40)43-23-26-14-8-3-9-15-26)30-18-19-36(30)32(39)42-22-25-12-6-2-7-13-25/h1-17,20,30H,18-19,21-23H2,(H,35,38). The van der Waals surface area contributed by atoms with Gasteiger partial charge in [-0.25, -0.2) is 18.8 Å². The normalized spacial score (nSPS) is 13.8. The highest BCUT2D eigenvalue weighted by molar-refractivity contribution is 5.91. The van der Waals surface area contributed by atoms with Crippen LogP contribution in [-0.2, 0) is 34.0 Å². The summed E-state index contributed by atoms with van der Waals surface area (Å²) in [4.78, 5) is 41.1. The maximum atomic E-state index is 15.6. The molecule has 0 aliphatic carbocycles. The van der Waals surface area contributed by atoms with Gasteiger partial charge in [-0.1, -0.05) is 91.0 Å². The van der Waals surface area contributed by atoms with Crippen molar-refractivity contribution in [1.29, 1.82) is 0 Å². The van der Waals surface area contributed by atoms with Gasteiger partial charge in [0, 0.05) is 18.7 Å². The highest BCUT2D eigenvalue weighted by Gasteiger charge is 2.42. The van der Waals surface area contributed by atoms with Gasteiger partial charge < -0.3 is 14.2 Å². The summed E-state index contributed by atoms with van der Waals surface area (Å²) in [5.41, 5.74) is 2.37. The molecule has 4 aromatic carbocycles. The zero-order valence-corrected chi connectivity index (χ0v) is 23.2. The number of likely N-dealkylation sites (tertiary alicyclic amines) is 1. The van der Waals surface area contributed by atoms with Crippen LogP contribution in [0, 0.1) is 5.82 Å². The number of nitrogens with one attached hydrogen (secondary N) is 1. The Hall–Kier alpha value is -5.38. The Morgan fingerprint density at radius 2 is 1.28 bits per heavy atom. The number of nitrogens with zero attached hydrogens (tertiary/aromatic N) is 2. The van der Waals surface area contributed by atoms with Crippen LogP contribution in [0.4, 0.5) is 30.1 Å². The summed E-state index contributed by atoms with van der Waals surface area (Å²) in [6.45, 7) is 0.369. The molecule has 1 N–H and O–H groups in total. The van der Waals surface area contributed by atoms with Gasteiger partial charge in [0.25, 0.3) is 0 Å². The monoisotopic (exact) mass is 583 g/mol. The Labute approximate surface area is 248 Å². The van der Waals surface area contributed by atoms with Crippen molar-refractivity contribution in [1.82, 2.24) is 4.90 Å². The molecule has 9 nitrogen and oxygen atoms in total. The lowest BCUT2D eigenvalue weighted by Gasteiger charge is -2.45. The fourth-order valence-corrected chi connectivity index (χ4v) is 4.48. The van der Waals surface area contributed by atoms with E-state index in [1.54, 1.807) is 12.1 Å². The number of halogens is 1. The molecule has 1 saturated heterocycles. The van der Waals surface area contributed by atoms with Gasteiger partial charge in [0.05, 0.1) is 5.69 Å². The fourth-order valence-electron chi connectivity index (χ4n) is 4.48. The van der Waals surface area contributed by atoms with Crippen LogP contribution in [-0.4, -0.2) is 35.9 Å². The molecule has 3 amide bonds. The van der Waals surface area contributed by atoms with Crippen LogP contribution in [0.1, 0.15) is 23.1 Å². The first-order valence-corrected chi connectivity index (χ1v) is 13.7. The van der Waals surface area contributed by atoms with E-state index in [1.165, 1.54) is 17.0 Å². The minimum absolute atomic E-state index is 0.0458. The van der Waals surface area contributed by atoms with E-state index in [2.05, 4.69) is 5.32 Å². The van der Waals surface area contributed by atoms with Gasteiger partial charge in [0.15, 0.2) is 0 Å². The van der Waals surface area contributed by atoms with E-state index in [0.717, 1.165) is 27.7 Å². The minimum atomic E-state index is -0.837. The second-order valence-corrected chi connectivity index (χ2v) is 9.77. The molecule has 1 aliphatic rings. The first-order valence-electron chi connectivity index (χ1n) is 13.7. The van der Waals surface area contributed by atoms with Crippen molar-refractivity contribution >= 4 is 29.7 Å². The Morgan fingerprint density at radius 3 is 1.79 bits per heavy atom. The van der Waals surface area contributed by atoms with Crippen LogP contribution >= 0.6 is 0 Å². The van der Waals surface area contributed by atoms with Crippen molar-refractivity contribution in [2.24, 2.45) is 0 Å². The lowest BCUT2D eigenvalue weighted by Crippen LogP contribution is -2.61. The largest absolute Gasteiger partial charge is 0.444 e. The van der Waals surface area contributed by atoms with Crippen LogP contribution in [0.15, 0.2) is 109 Å². The Morgan fingerprint density at radius 1 is 0.744 bits per heavy atom. The zero-order chi connectivity index (χ0) is 30.0. The molecule has 1 fully saturated rings. The van der Waals surface area contributed by atoms with Gasteiger partial charge in [0.1, 0.15) is 31.8 Å². The molecule has 5 rings (SSSR count). The first kappa shape index (κ1) is 29.1. The van der Waals surface area contributed by atoms with Crippen LogP contribution in [0.2, 0.25) is 0 Å². The summed E-state index contributed by atoms with van der Waals surface area (Å²) < 4.78 is 31.8. The molecule has 43 heavy (non-hydrogen) atoms. The van der Waals surface area contributed by atoms with E-state index < -0.39 is 30.3 Å². The van der Waals surface area contributed by atoms with E-state index >= 15 is 4.39 Å². The number of rotatable bonds is 9. The Balaban J connectivity index is 1.29. The van der Waals surface area contributed by atoms with Crippen molar-refractivity contribution in [3.05, 3.63) is 132 Å². The second-order valence-electron chi connectivity index (χ2n) is 9.77. The number of carbonyl (C=O) groups excluding carboxylic acids is 3. The van der Waals surface area contributed by atoms with Gasteiger partial charge in [0.2, 0.25) is 0 Å². The lowest BCUT2D eigenvalue weighted by molar-refractivity contribution is 0.0400. The molecular formula is C33H30FN3O6. The minimum Gasteiger partial charge on any atom is -0.444 e. The molecule has 1 heterocycles. The SMILES string of the molecule is O=C(Nc1ccc(N(C(=O)OCc2ccccc2)C2CCN2C(=O)OCc2ccccc2)c(F)c1)OCc1ccccc1. The van der Waals surface area contributed by atoms with Gasteiger partial charge in [-0.15, -0.1) is 0 Å². The third-order valence-corrected chi connectivity index (χ3v) is 6.79. The summed E-state index contributed by atoms with van der Waals surface area (Å²) in [6, 6.07) is 31.3. The molecule has 0 spiro atoms. The average Bonchev–Trinajstić information content (AvgIpc) is 3.02. The number of carbonyl (C=O) groups is 3. The van der Waals surface area contributed by atoms with Gasteiger partial charge in [-0.05, 0) is 34.9 Å². The molecular weight excluding hydrogens is 553 g/mol. The number of amides is 3. The topological polar surface area (TPSA) is 97.4 Å².